The number of rotatable bonds is 8. The zero-order valence-electron chi connectivity index (χ0n) is 17.3. The lowest BCUT2D eigenvalue weighted by molar-refractivity contribution is -0.137. The van der Waals surface area contributed by atoms with Gasteiger partial charge in [0.05, 0.1) is 22.8 Å². The molecule has 0 bridgehead atoms. The monoisotopic (exact) mass is 479 g/mol. The lowest BCUT2D eigenvalue weighted by Crippen LogP contribution is -2.29. The fourth-order valence-corrected chi connectivity index (χ4v) is 3.82. The first-order chi connectivity index (χ1) is 15.6. The molecular formula is C22H20F3N3O4S. The fourth-order valence-electron chi connectivity index (χ4n) is 2.76. The summed E-state index contributed by atoms with van der Waals surface area (Å²) in [5.41, 5.74) is 4.31. The number of hydrogen-bond donors (Lipinski definition) is 3. The van der Waals surface area contributed by atoms with Crippen LogP contribution in [0.1, 0.15) is 22.8 Å². The Kier molecular flexibility index (Phi) is 7.12. The molecular weight excluding hydrogens is 459 g/mol. The molecule has 0 heterocycles. The quantitative estimate of drug-likeness (QED) is 0.409. The van der Waals surface area contributed by atoms with E-state index in [4.69, 9.17) is 4.74 Å². The third-order valence-corrected chi connectivity index (χ3v) is 5.75. The SMILES string of the molecule is CCOc1ccc(S(=O)(=O)Nc2ccc(C(=O)NNc3cccc(C(F)(F)F)c3)cc2)cc1. The van der Waals surface area contributed by atoms with Gasteiger partial charge in [-0.25, -0.2) is 8.42 Å². The molecule has 33 heavy (non-hydrogen) atoms. The first kappa shape index (κ1) is 23.9. The maximum Gasteiger partial charge on any atom is 0.416 e. The lowest BCUT2D eigenvalue weighted by Gasteiger charge is -2.12. The number of nitrogens with one attached hydrogen (secondary N) is 3. The standard InChI is InChI=1S/C22H20F3N3O4S/c1-2-32-19-10-12-20(13-11-19)33(30,31)28-17-8-6-15(7-9-17)21(29)27-26-18-5-3-4-16(14-18)22(23,24)25/h3-14,26,28H,2H2,1H3,(H,27,29). The molecule has 3 aromatic rings. The van der Waals surface area contributed by atoms with Crippen molar-refractivity contribution in [2.45, 2.75) is 18.0 Å². The number of amides is 1. The maximum atomic E-state index is 12.8. The molecule has 0 unspecified atom stereocenters. The van der Waals surface area contributed by atoms with Crippen molar-refractivity contribution in [2.24, 2.45) is 0 Å². The van der Waals surface area contributed by atoms with E-state index in [0.29, 0.717) is 12.4 Å². The average molecular weight is 479 g/mol. The fraction of sp³-hybridized carbons (Fsp3) is 0.136. The number of anilines is 2. The van der Waals surface area contributed by atoms with E-state index in [9.17, 15) is 26.4 Å². The van der Waals surface area contributed by atoms with Crippen LogP contribution < -0.4 is 20.3 Å². The van der Waals surface area contributed by atoms with Crippen LogP contribution in [0, 0.1) is 0 Å². The van der Waals surface area contributed by atoms with Gasteiger partial charge in [0.25, 0.3) is 15.9 Å². The van der Waals surface area contributed by atoms with Crippen LogP contribution in [0.3, 0.4) is 0 Å². The molecule has 0 radical (unpaired) electrons. The van der Waals surface area contributed by atoms with E-state index in [2.05, 4.69) is 15.6 Å². The molecule has 3 aromatic carbocycles. The van der Waals surface area contributed by atoms with Crippen molar-refractivity contribution in [3.63, 3.8) is 0 Å². The highest BCUT2D eigenvalue weighted by atomic mass is 32.2. The number of hydrogen-bond acceptors (Lipinski definition) is 5. The average Bonchev–Trinajstić information content (AvgIpc) is 2.78. The molecule has 0 saturated carbocycles. The van der Waals surface area contributed by atoms with Crippen molar-refractivity contribution in [3.05, 3.63) is 83.9 Å². The van der Waals surface area contributed by atoms with E-state index in [0.717, 1.165) is 12.1 Å². The molecule has 0 aliphatic rings. The van der Waals surface area contributed by atoms with Crippen molar-refractivity contribution in [1.29, 1.82) is 0 Å². The second-order valence-electron chi connectivity index (χ2n) is 6.74. The number of alkyl halides is 3. The van der Waals surface area contributed by atoms with Gasteiger partial charge in [-0.1, -0.05) is 6.07 Å². The Morgan fingerprint density at radius 3 is 2.21 bits per heavy atom. The van der Waals surface area contributed by atoms with Gasteiger partial charge in [-0.3, -0.25) is 20.4 Å². The van der Waals surface area contributed by atoms with E-state index in [-0.39, 0.29) is 21.8 Å². The maximum absolute atomic E-state index is 12.8. The highest BCUT2D eigenvalue weighted by molar-refractivity contribution is 7.92. The minimum Gasteiger partial charge on any atom is -0.494 e. The summed E-state index contributed by atoms with van der Waals surface area (Å²) in [6.45, 7) is 2.28. The van der Waals surface area contributed by atoms with Gasteiger partial charge in [-0.05, 0) is 73.7 Å². The van der Waals surface area contributed by atoms with Gasteiger partial charge in [0.15, 0.2) is 0 Å². The van der Waals surface area contributed by atoms with Crippen molar-refractivity contribution in [1.82, 2.24) is 5.43 Å². The van der Waals surface area contributed by atoms with Crippen molar-refractivity contribution in [3.8, 4) is 5.75 Å². The molecule has 11 heteroatoms. The van der Waals surface area contributed by atoms with Crippen LogP contribution in [0.2, 0.25) is 0 Å². The highest BCUT2D eigenvalue weighted by Gasteiger charge is 2.30. The summed E-state index contributed by atoms with van der Waals surface area (Å²) < 4.78 is 71.1. The molecule has 0 saturated heterocycles. The van der Waals surface area contributed by atoms with Gasteiger partial charge in [0.1, 0.15) is 5.75 Å². The van der Waals surface area contributed by atoms with Gasteiger partial charge >= 0.3 is 6.18 Å². The van der Waals surface area contributed by atoms with Gasteiger partial charge in [0, 0.05) is 11.3 Å². The van der Waals surface area contributed by atoms with Crippen LogP contribution >= 0.6 is 0 Å². The summed E-state index contributed by atoms with van der Waals surface area (Å²) in [7, 11) is -3.85. The molecule has 174 valence electrons. The molecule has 3 rings (SSSR count). The first-order valence-corrected chi connectivity index (χ1v) is 11.2. The number of sulfonamides is 1. The Morgan fingerprint density at radius 2 is 1.61 bits per heavy atom. The van der Waals surface area contributed by atoms with Gasteiger partial charge < -0.3 is 4.74 Å². The minimum atomic E-state index is -4.50. The summed E-state index contributed by atoms with van der Waals surface area (Å²) in [6.07, 6.45) is -4.50. The summed E-state index contributed by atoms with van der Waals surface area (Å²) in [5.74, 6) is -0.0705. The van der Waals surface area contributed by atoms with Crippen LogP contribution in [0.5, 0.6) is 5.75 Å². The minimum absolute atomic E-state index is 0.0399. The first-order valence-electron chi connectivity index (χ1n) is 9.68. The van der Waals surface area contributed by atoms with Gasteiger partial charge in [0.2, 0.25) is 0 Å². The van der Waals surface area contributed by atoms with E-state index in [1.165, 1.54) is 48.5 Å². The Balaban J connectivity index is 1.62. The number of halogens is 3. The number of carbonyl (C=O) groups excluding carboxylic acids is 1. The van der Waals surface area contributed by atoms with Crippen molar-refractivity contribution < 1.29 is 31.1 Å². The second kappa shape index (κ2) is 9.82. The van der Waals surface area contributed by atoms with Crippen molar-refractivity contribution >= 4 is 27.3 Å². The number of hydrazine groups is 1. The summed E-state index contributed by atoms with van der Waals surface area (Å²) in [4.78, 5) is 12.3. The highest BCUT2D eigenvalue weighted by Crippen LogP contribution is 2.30. The molecule has 0 fully saturated rings. The number of benzene rings is 3. The third kappa shape index (κ3) is 6.39. The van der Waals surface area contributed by atoms with Crippen LogP contribution in [0.25, 0.3) is 0 Å². The normalized spacial score (nSPS) is 11.5. The van der Waals surface area contributed by atoms with Crippen LogP contribution in [-0.2, 0) is 16.2 Å². The lowest BCUT2D eigenvalue weighted by atomic mass is 10.2. The molecule has 0 aromatic heterocycles. The van der Waals surface area contributed by atoms with Gasteiger partial charge in [-0.2, -0.15) is 13.2 Å². The predicted octanol–water partition coefficient (Wildman–Crippen LogP) is 4.66. The van der Waals surface area contributed by atoms with E-state index in [1.54, 1.807) is 12.1 Å². The van der Waals surface area contributed by atoms with Crippen LogP contribution in [-0.4, -0.2) is 20.9 Å². The predicted molar refractivity (Wildman–Crippen MR) is 117 cm³/mol. The van der Waals surface area contributed by atoms with Crippen LogP contribution in [0.4, 0.5) is 24.5 Å². The summed E-state index contributed by atoms with van der Waals surface area (Å²) in [5, 5.41) is 0. The molecule has 0 atom stereocenters. The topological polar surface area (TPSA) is 96.5 Å². The van der Waals surface area contributed by atoms with E-state index >= 15 is 0 Å². The Morgan fingerprint density at radius 1 is 0.939 bits per heavy atom. The molecule has 3 N–H and O–H groups in total. The zero-order valence-corrected chi connectivity index (χ0v) is 18.1. The Bertz CT molecular complexity index is 1210. The molecule has 0 aliphatic heterocycles. The largest absolute Gasteiger partial charge is 0.494 e. The Hall–Kier alpha value is -3.73. The van der Waals surface area contributed by atoms with E-state index < -0.39 is 27.7 Å². The summed E-state index contributed by atoms with van der Waals surface area (Å²) >= 11 is 0. The van der Waals surface area contributed by atoms with Crippen LogP contribution in [0.15, 0.2) is 77.7 Å². The van der Waals surface area contributed by atoms with Crippen molar-refractivity contribution in [2.75, 3.05) is 16.8 Å². The summed E-state index contributed by atoms with van der Waals surface area (Å²) in [6, 6.07) is 15.8. The number of carbonyl (C=O) groups is 1. The second-order valence-corrected chi connectivity index (χ2v) is 8.43. The molecule has 0 spiro atoms. The number of ether oxygens (including phenoxy) is 1. The molecule has 1 amide bonds. The molecule has 7 nitrogen and oxygen atoms in total. The smallest absolute Gasteiger partial charge is 0.416 e. The third-order valence-electron chi connectivity index (χ3n) is 4.35. The van der Waals surface area contributed by atoms with E-state index in [1.807, 2.05) is 6.92 Å². The van der Waals surface area contributed by atoms with Gasteiger partial charge in [-0.15, -0.1) is 0 Å². The zero-order chi connectivity index (χ0) is 24.1. The molecule has 0 aliphatic carbocycles. The Labute approximate surface area is 188 Å².